The summed E-state index contributed by atoms with van der Waals surface area (Å²) < 4.78 is 0. The maximum absolute atomic E-state index is 5.99. The number of halogens is 1. The van der Waals surface area contributed by atoms with E-state index in [1.807, 2.05) is 30.3 Å². The van der Waals surface area contributed by atoms with Gasteiger partial charge in [-0.05, 0) is 36.2 Å². The minimum atomic E-state index is 0.562. The fourth-order valence-corrected chi connectivity index (χ4v) is 2.42. The van der Waals surface area contributed by atoms with Gasteiger partial charge in [0, 0.05) is 30.4 Å². The summed E-state index contributed by atoms with van der Waals surface area (Å²) in [5, 5.41) is 13.9. The summed E-state index contributed by atoms with van der Waals surface area (Å²) in [6.45, 7) is 0.773. The van der Waals surface area contributed by atoms with Crippen LogP contribution in [0.3, 0.4) is 0 Å². The molecule has 0 radical (unpaired) electrons. The number of anilines is 2. The van der Waals surface area contributed by atoms with Crippen LogP contribution in [0.2, 0.25) is 5.02 Å². The van der Waals surface area contributed by atoms with Gasteiger partial charge in [-0.15, -0.1) is 5.10 Å². The summed E-state index contributed by atoms with van der Waals surface area (Å²) in [5.74, 6) is 2.06. The number of hydrogen-bond acceptors (Lipinski definition) is 5. The Morgan fingerprint density at radius 2 is 2.13 bits per heavy atom. The lowest BCUT2D eigenvalue weighted by Crippen LogP contribution is -2.06. The molecule has 0 saturated carbocycles. The Morgan fingerprint density at radius 3 is 2.91 bits per heavy atom. The van der Waals surface area contributed by atoms with E-state index in [0.29, 0.717) is 11.8 Å². The van der Waals surface area contributed by atoms with Gasteiger partial charge in [-0.2, -0.15) is 4.98 Å². The number of H-pyrrole nitrogens is 1. The molecule has 6 nitrogen and oxygen atoms in total. The van der Waals surface area contributed by atoms with Crippen LogP contribution in [-0.4, -0.2) is 33.8 Å². The van der Waals surface area contributed by atoms with Crippen LogP contribution in [0, 0.1) is 0 Å². The number of aromatic nitrogens is 4. The van der Waals surface area contributed by atoms with Crippen LogP contribution in [0.4, 0.5) is 11.8 Å². The van der Waals surface area contributed by atoms with Gasteiger partial charge in [0.1, 0.15) is 5.82 Å². The van der Waals surface area contributed by atoms with Crippen molar-refractivity contribution in [2.45, 2.75) is 6.42 Å². The molecule has 0 saturated heterocycles. The summed E-state index contributed by atoms with van der Waals surface area (Å²) >= 11 is 5.99. The molecule has 0 fully saturated rings. The van der Waals surface area contributed by atoms with Gasteiger partial charge >= 0.3 is 0 Å². The first-order chi connectivity index (χ1) is 11.2. The highest BCUT2D eigenvalue weighted by Crippen LogP contribution is 2.18. The van der Waals surface area contributed by atoms with Crippen molar-refractivity contribution < 1.29 is 0 Å². The summed E-state index contributed by atoms with van der Waals surface area (Å²) in [7, 11) is 1.78. The predicted molar refractivity (Wildman–Crippen MR) is 92.8 cm³/mol. The van der Waals surface area contributed by atoms with Crippen molar-refractivity contribution in [2.24, 2.45) is 0 Å². The Labute approximate surface area is 139 Å². The highest BCUT2D eigenvalue weighted by Gasteiger charge is 2.05. The third-order valence-corrected chi connectivity index (χ3v) is 3.59. The molecule has 0 aliphatic heterocycles. The van der Waals surface area contributed by atoms with Crippen LogP contribution in [0.25, 0.3) is 11.4 Å². The number of rotatable bonds is 6. The molecular formula is C16H17ClN6. The highest BCUT2D eigenvalue weighted by atomic mass is 35.5. The van der Waals surface area contributed by atoms with E-state index >= 15 is 0 Å². The number of hydrogen-bond donors (Lipinski definition) is 3. The fraction of sp³-hybridized carbons (Fsp3) is 0.188. The summed E-state index contributed by atoms with van der Waals surface area (Å²) in [4.78, 5) is 8.66. The van der Waals surface area contributed by atoms with E-state index in [1.54, 1.807) is 13.2 Å². The molecule has 0 spiro atoms. The predicted octanol–water partition coefficient (Wildman–Crippen LogP) is 3.22. The Kier molecular flexibility index (Phi) is 4.73. The first kappa shape index (κ1) is 15.3. The molecule has 0 aliphatic rings. The van der Waals surface area contributed by atoms with Crippen LogP contribution < -0.4 is 10.6 Å². The van der Waals surface area contributed by atoms with E-state index in [1.165, 1.54) is 5.56 Å². The highest BCUT2D eigenvalue weighted by molar-refractivity contribution is 6.30. The van der Waals surface area contributed by atoms with E-state index in [4.69, 9.17) is 11.6 Å². The molecule has 0 unspecified atom stereocenters. The maximum atomic E-state index is 5.99. The molecule has 7 heteroatoms. The van der Waals surface area contributed by atoms with E-state index in [9.17, 15) is 0 Å². The lowest BCUT2D eigenvalue weighted by Gasteiger charge is -2.07. The van der Waals surface area contributed by atoms with Crippen LogP contribution >= 0.6 is 11.6 Å². The van der Waals surface area contributed by atoms with Crippen LogP contribution in [0.15, 0.2) is 42.6 Å². The fourth-order valence-electron chi connectivity index (χ4n) is 2.20. The first-order valence-corrected chi connectivity index (χ1v) is 7.67. The number of pyridine rings is 1. The minimum absolute atomic E-state index is 0.562. The van der Waals surface area contributed by atoms with Crippen molar-refractivity contribution in [2.75, 3.05) is 24.2 Å². The third-order valence-electron chi connectivity index (χ3n) is 3.35. The SMILES string of the molecule is CNc1n[nH]c(-c2ccnc(NCCc3cccc(Cl)c3)c2)n1. The molecule has 118 valence electrons. The van der Waals surface area contributed by atoms with Crippen molar-refractivity contribution in [3.8, 4) is 11.4 Å². The largest absolute Gasteiger partial charge is 0.370 e. The molecule has 3 N–H and O–H groups in total. The van der Waals surface area contributed by atoms with Crippen molar-refractivity contribution in [1.29, 1.82) is 0 Å². The zero-order valence-electron chi connectivity index (χ0n) is 12.7. The molecule has 2 aromatic heterocycles. The quantitative estimate of drug-likeness (QED) is 0.647. The van der Waals surface area contributed by atoms with Crippen molar-refractivity contribution in [1.82, 2.24) is 20.2 Å². The van der Waals surface area contributed by atoms with Gasteiger partial charge in [0.05, 0.1) is 0 Å². The zero-order valence-corrected chi connectivity index (χ0v) is 13.4. The van der Waals surface area contributed by atoms with E-state index < -0.39 is 0 Å². The van der Waals surface area contributed by atoms with Gasteiger partial charge < -0.3 is 10.6 Å². The van der Waals surface area contributed by atoms with Gasteiger partial charge in [-0.3, -0.25) is 5.10 Å². The molecule has 0 atom stereocenters. The average Bonchev–Trinajstić information content (AvgIpc) is 3.04. The van der Waals surface area contributed by atoms with E-state index in [-0.39, 0.29) is 0 Å². The summed E-state index contributed by atoms with van der Waals surface area (Å²) in [5.41, 5.74) is 2.12. The molecule has 23 heavy (non-hydrogen) atoms. The maximum Gasteiger partial charge on any atom is 0.242 e. The second-order valence-electron chi connectivity index (χ2n) is 4.99. The summed E-state index contributed by atoms with van der Waals surface area (Å²) in [6, 6.07) is 11.7. The van der Waals surface area contributed by atoms with Gasteiger partial charge in [0.2, 0.25) is 5.95 Å². The van der Waals surface area contributed by atoms with Crippen LogP contribution in [0.5, 0.6) is 0 Å². The lowest BCUT2D eigenvalue weighted by atomic mass is 10.1. The Balaban J connectivity index is 1.63. The standard InChI is InChI=1S/C16H17ClN6/c1-18-16-21-15(22-23-16)12-6-8-20-14(10-12)19-7-5-11-3-2-4-13(17)9-11/h2-4,6,8-10H,5,7H2,1H3,(H,19,20)(H2,18,21,22,23). The number of aromatic amines is 1. The normalized spacial score (nSPS) is 10.5. The van der Waals surface area contributed by atoms with E-state index in [0.717, 1.165) is 29.4 Å². The van der Waals surface area contributed by atoms with E-state index in [2.05, 4.69) is 36.9 Å². The minimum Gasteiger partial charge on any atom is -0.370 e. The Hall–Kier alpha value is -2.60. The van der Waals surface area contributed by atoms with Gasteiger partial charge in [0.25, 0.3) is 0 Å². The molecule has 3 aromatic rings. The molecular weight excluding hydrogens is 312 g/mol. The lowest BCUT2D eigenvalue weighted by molar-refractivity contribution is 1.01. The monoisotopic (exact) mass is 328 g/mol. The Bertz CT molecular complexity index is 786. The third kappa shape index (κ3) is 3.98. The van der Waals surface area contributed by atoms with Crippen LogP contribution in [-0.2, 0) is 6.42 Å². The van der Waals surface area contributed by atoms with Crippen molar-refractivity contribution in [3.05, 3.63) is 53.2 Å². The number of nitrogens with one attached hydrogen (secondary N) is 3. The number of benzene rings is 1. The van der Waals surface area contributed by atoms with Crippen molar-refractivity contribution in [3.63, 3.8) is 0 Å². The molecule has 0 aliphatic carbocycles. The second kappa shape index (κ2) is 7.11. The van der Waals surface area contributed by atoms with Crippen LogP contribution in [0.1, 0.15) is 5.56 Å². The zero-order chi connectivity index (χ0) is 16.1. The summed E-state index contributed by atoms with van der Waals surface area (Å²) in [6.07, 6.45) is 2.62. The molecule has 0 bridgehead atoms. The molecule has 1 aromatic carbocycles. The van der Waals surface area contributed by atoms with Gasteiger partial charge in [0.15, 0.2) is 5.82 Å². The Morgan fingerprint density at radius 1 is 1.22 bits per heavy atom. The average molecular weight is 329 g/mol. The number of nitrogens with zero attached hydrogens (tertiary/aromatic N) is 3. The van der Waals surface area contributed by atoms with Gasteiger partial charge in [-0.25, -0.2) is 4.98 Å². The van der Waals surface area contributed by atoms with Gasteiger partial charge in [-0.1, -0.05) is 23.7 Å². The first-order valence-electron chi connectivity index (χ1n) is 7.29. The smallest absolute Gasteiger partial charge is 0.242 e. The topological polar surface area (TPSA) is 78.5 Å². The molecule has 0 amide bonds. The molecule has 3 rings (SSSR count). The second-order valence-corrected chi connectivity index (χ2v) is 5.43. The van der Waals surface area contributed by atoms with Crippen molar-refractivity contribution >= 4 is 23.4 Å². The molecule has 2 heterocycles.